The Balaban J connectivity index is 1.03. The van der Waals surface area contributed by atoms with Crippen molar-refractivity contribution in [3.63, 3.8) is 0 Å². The highest BCUT2D eigenvalue weighted by Crippen LogP contribution is 2.43. The van der Waals surface area contributed by atoms with Crippen molar-refractivity contribution in [3.05, 3.63) is 72.9 Å². The summed E-state index contributed by atoms with van der Waals surface area (Å²) >= 11 is 0. The molecule has 7 nitrogen and oxygen atoms in total. The Morgan fingerprint density at radius 2 is 1.68 bits per heavy atom. The van der Waals surface area contributed by atoms with Gasteiger partial charge in [0, 0.05) is 68.5 Å². The topological polar surface area (TPSA) is 73.4 Å². The van der Waals surface area contributed by atoms with Crippen LogP contribution in [0, 0.1) is 17.8 Å². The minimum absolute atomic E-state index is 0.0850. The maximum absolute atomic E-state index is 11.2. The first-order valence-electron chi connectivity index (χ1n) is 13.3. The number of rotatable bonds is 7. The van der Waals surface area contributed by atoms with E-state index in [9.17, 15) is 4.79 Å². The van der Waals surface area contributed by atoms with Crippen LogP contribution in [0.25, 0.3) is 11.3 Å². The summed E-state index contributed by atoms with van der Waals surface area (Å²) < 4.78 is 0. The zero-order chi connectivity index (χ0) is 25.2. The van der Waals surface area contributed by atoms with Crippen LogP contribution in [0.1, 0.15) is 19.8 Å². The van der Waals surface area contributed by atoms with Gasteiger partial charge in [-0.15, -0.1) is 0 Å². The number of anilines is 4. The van der Waals surface area contributed by atoms with E-state index in [1.54, 1.807) is 6.20 Å². The van der Waals surface area contributed by atoms with Crippen molar-refractivity contribution in [2.75, 3.05) is 48.3 Å². The first kappa shape index (κ1) is 23.7. The van der Waals surface area contributed by atoms with Gasteiger partial charge < -0.3 is 15.5 Å². The van der Waals surface area contributed by atoms with Crippen LogP contribution >= 0.6 is 0 Å². The normalized spacial score (nSPS) is 22.8. The second-order valence-corrected chi connectivity index (χ2v) is 10.5. The fourth-order valence-electron chi connectivity index (χ4n) is 6.02. The van der Waals surface area contributed by atoms with E-state index in [4.69, 9.17) is 0 Å². The van der Waals surface area contributed by atoms with Crippen molar-refractivity contribution in [1.29, 1.82) is 0 Å². The number of aromatic nitrogens is 2. The number of nitrogens with zero attached hydrogens (tertiary/aromatic N) is 4. The Kier molecular flexibility index (Phi) is 6.62. The molecule has 1 amide bonds. The van der Waals surface area contributed by atoms with Crippen LogP contribution in [-0.4, -0.2) is 53.5 Å². The van der Waals surface area contributed by atoms with Gasteiger partial charge in [0.25, 0.3) is 0 Å². The predicted molar refractivity (Wildman–Crippen MR) is 149 cm³/mol. The van der Waals surface area contributed by atoms with Crippen LogP contribution < -0.4 is 15.5 Å². The molecule has 6 rings (SSSR count). The molecule has 2 bridgehead atoms. The summed E-state index contributed by atoms with van der Waals surface area (Å²) in [6, 6.07) is 18.1. The van der Waals surface area contributed by atoms with Crippen molar-refractivity contribution < 1.29 is 4.79 Å². The number of piperazine rings is 1. The Labute approximate surface area is 218 Å². The van der Waals surface area contributed by atoms with Gasteiger partial charge in [-0.3, -0.25) is 9.69 Å². The predicted octanol–water partition coefficient (Wildman–Crippen LogP) is 5.18. The summed E-state index contributed by atoms with van der Waals surface area (Å²) in [4.78, 5) is 25.5. The highest BCUT2D eigenvalue weighted by Gasteiger charge is 2.36. The smallest absolute Gasteiger partial charge is 0.227 e. The summed E-state index contributed by atoms with van der Waals surface area (Å²) in [5.74, 6) is 3.04. The number of carbonyl (C=O) groups is 1. The molecule has 0 radical (unpaired) electrons. The van der Waals surface area contributed by atoms with E-state index in [1.807, 2.05) is 30.3 Å². The van der Waals surface area contributed by atoms with Gasteiger partial charge in [-0.25, -0.2) is 9.97 Å². The van der Waals surface area contributed by atoms with Crippen molar-refractivity contribution in [2.24, 2.45) is 17.8 Å². The zero-order valence-electron chi connectivity index (χ0n) is 21.3. The van der Waals surface area contributed by atoms with Crippen molar-refractivity contribution in [2.45, 2.75) is 19.8 Å². The second kappa shape index (κ2) is 10.3. The summed E-state index contributed by atoms with van der Waals surface area (Å²) in [7, 11) is 0. The number of fused-ring (bicyclic) bond motifs is 2. The van der Waals surface area contributed by atoms with Crippen LogP contribution in [0.3, 0.4) is 0 Å². The van der Waals surface area contributed by atoms with Crippen LogP contribution in [0.2, 0.25) is 0 Å². The monoisotopic (exact) mass is 494 g/mol. The third kappa shape index (κ3) is 5.52. The lowest BCUT2D eigenvalue weighted by Crippen LogP contribution is -2.48. The van der Waals surface area contributed by atoms with Crippen molar-refractivity contribution in [1.82, 2.24) is 14.9 Å². The van der Waals surface area contributed by atoms with Crippen LogP contribution in [0.4, 0.5) is 23.0 Å². The van der Waals surface area contributed by atoms with E-state index in [0.29, 0.717) is 5.95 Å². The van der Waals surface area contributed by atoms with Crippen molar-refractivity contribution >= 4 is 28.9 Å². The first-order chi connectivity index (χ1) is 18.1. The zero-order valence-corrected chi connectivity index (χ0v) is 21.3. The van der Waals surface area contributed by atoms with Gasteiger partial charge in [0.1, 0.15) is 0 Å². The number of hydrogen-bond acceptors (Lipinski definition) is 6. The molecular formula is C30H34N6O. The first-order valence-corrected chi connectivity index (χ1v) is 13.3. The fraction of sp³-hybridized carbons (Fsp3) is 0.367. The van der Waals surface area contributed by atoms with Crippen LogP contribution in [-0.2, 0) is 4.79 Å². The number of hydrogen-bond donors (Lipinski definition) is 2. The number of nitrogens with one attached hydrogen (secondary N) is 2. The Hall–Kier alpha value is -3.71. The highest BCUT2D eigenvalue weighted by molar-refractivity contribution is 5.88. The van der Waals surface area contributed by atoms with E-state index in [0.717, 1.165) is 66.6 Å². The molecule has 190 valence electrons. The maximum atomic E-state index is 11.2. The molecule has 37 heavy (non-hydrogen) atoms. The molecule has 2 N–H and O–H groups in total. The molecule has 1 aromatic heterocycles. The number of benzene rings is 2. The lowest BCUT2D eigenvalue weighted by molar-refractivity contribution is -0.114. The maximum Gasteiger partial charge on any atom is 0.227 e. The third-order valence-corrected chi connectivity index (χ3v) is 7.93. The number of amides is 1. The molecule has 0 spiro atoms. The largest absolute Gasteiger partial charge is 0.369 e. The van der Waals surface area contributed by atoms with Gasteiger partial charge in [-0.05, 0) is 73.1 Å². The summed E-state index contributed by atoms with van der Waals surface area (Å²) in [6.07, 6.45) is 9.46. The lowest BCUT2D eigenvalue weighted by Gasteiger charge is -2.38. The van der Waals surface area contributed by atoms with Crippen molar-refractivity contribution in [3.8, 4) is 11.3 Å². The molecule has 2 heterocycles. The van der Waals surface area contributed by atoms with Gasteiger partial charge in [0.15, 0.2) is 0 Å². The van der Waals surface area contributed by atoms with E-state index < -0.39 is 0 Å². The number of allylic oxidation sites excluding steroid dienone is 2. The molecular weight excluding hydrogens is 460 g/mol. The van der Waals surface area contributed by atoms with Crippen LogP contribution in [0.5, 0.6) is 0 Å². The summed E-state index contributed by atoms with van der Waals surface area (Å²) in [5, 5.41) is 6.12. The Morgan fingerprint density at radius 1 is 0.919 bits per heavy atom. The SMILES string of the molecule is CC(=O)Nc1ccc(-c2ccnc(Nc3ccc(N4CCN(CC5C[C@@H]6C=C[C@@H]5C6)CC4)cc3)n2)cc1. The molecule has 3 atom stereocenters. The highest BCUT2D eigenvalue weighted by atomic mass is 16.1. The third-order valence-electron chi connectivity index (χ3n) is 7.93. The van der Waals surface area contributed by atoms with Crippen LogP contribution in [0.15, 0.2) is 72.9 Å². The van der Waals surface area contributed by atoms with Gasteiger partial charge in [-0.2, -0.15) is 0 Å². The molecule has 1 saturated heterocycles. The Morgan fingerprint density at radius 3 is 2.35 bits per heavy atom. The molecule has 2 fully saturated rings. The van der Waals surface area contributed by atoms with Gasteiger partial charge in [0.05, 0.1) is 5.69 Å². The molecule has 1 aliphatic heterocycles. The average Bonchev–Trinajstić information content (AvgIpc) is 3.54. The van der Waals surface area contributed by atoms with Gasteiger partial charge >= 0.3 is 0 Å². The van der Waals surface area contributed by atoms with Gasteiger partial charge in [0.2, 0.25) is 11.9 Å². The molecule has 7 heteroatoms. The molecule has 3 aliphatic rings. The standard InChI is InChI=1S/C30H34N6O/c1-21(37)32-26-6-4-23(5-7-26)29-12-13-31-30(34-29)33-27-8-10-28(11-9-27)36-16-14-35(15-17-36)20-25-19-22-2-3-24(25)18-22/h2-13,22,24-25H,14-20H2,1H3,(H,32,37)(H,31,33,34)/t22-,24-,25?/m1/s1. The van der Waals surface area contributed by atoms with E-state index in [2.05, 4.69) is 66.8 Å². The Bertz CT molecular complexity index is 1260. The minimum Gasteiger partial charge on any atom is -0.369 e. The van der Waals surface area contributed by atoms with E-state index in [1.165, 1.54) is 32.0 Å². The molecule has 2 aromatic carbocycles. The quantitative estimate of drug-likeness (QED) is 0.441. The molecule has 1 saturated carbocycles. The minimum atomic E-state index is -0.0850. The molecule has 3 aromatic rings. The fourth-order valence-corrected chi connectivity index (χ4v) is 6.02. The lowest BCUT2D eigenvalue weighted by atomic mass is 9.93. The number of carbonyl (C=O) groups excluding carboxylic acids is 1. The summed E-state index contributed by atoms with van der Waals surface area (Å²) in [5.41, 5.74) is 4.78. The molecule has 1 unspecified atom stereocenters. The van der Waals surface area contributed by atoms with E-state index >= 15 is 0 Å². The van der Waals surface area contributed by atoms with Gasteiger partial charge in [-0.1, -0.05) is 24.3 Å². The second-order valence-electron chi connectivity index (χ2n) is 10.5. The van der Waals surface area contributed by atoms with E-state index in [-0.39, 0.29) is 5.91 Å². The molecule has 2 aliphatic carbocycles. The summed E-state index contributed by atoms with van der Waals surface area (Å²) in [6.45, 7) is 7.21. The average molecular weight is 495 g/mol.